The van der Waals surface area contributed by atoms with E-state index in [1.807, 2.05) is 12.1 Å². The van der Waals surface area contributed by atoms with Crippen molar-refractivity contribution in [1.29, 1.82) is 0 Å². The summed E-state index contributed by atoms with van der Waals surface area (Å²) in [6, 6.07) is 7.04. The molecule has 0 saturated carbocycles. The Labute approximate surface area is 146 Å². The molecule has 7 heteroatoms. The Kier molecular flexibility index (Phi) is 7.26. The standard InChI is InChI=1S/C16H23F3N2S.ClH/c1-15(2,3)14(21-10-8-20-9-11-21)12-4-6-13(7-5-12)22-16(17,18)19;/h4-7,14,20H,8-11H2,1-3H3;1H/t14-;/m1./s1. The van der Waals surface area contributed by atoms with Crippen molar-refractivity contribution in [3.63, 3.8) is 0 Å². The maximum atomic E-state index is 12.4. The molecule has 1 saturated heterocycles. The van der Waals surface area contributed by atoms with Gasteiger partial charge >= 0.3 is 5.51 Å². The average molecular weight is 369 g/mol. The summed E-state index contributed by atoms with van der Waals surface area (Å²) in [4.78, 5) is 2.66. The van der Waals surface area contributed by atoms with Crippen LogP contribution in [0.2, 0.25) is 0 Å². The van der Waals surface area contributed by atoms with E-state index in [1.54, 1.807) is 12.1 Å². The molecule has 1 aliphatic heterocycles. The maximum absolute atomic E-state index is 12.4. The highest BCUT2D eigenvalue weighted by Gasteiger charge is 2.33. The van der Waals surface area contributed by atoms with E-state index in [0.29, 0.717) is 0 Å². The summed E-state index contributed by atoms with van der Waals surface area (Å²) in [5.41, 5.74) is -3.12. The lowest BCUT2D eigenvalue weighted by Gasteiger charge is -2.42. The number of benzene rings is 1. The minimum atomic E-state index is -4.23. The van der Waals surface area contributed by atoms with Crippen LogP contribution in [0, 0.1) is 5.41 Å². The monoisotopic (exact) mass is 368 g/mol. The van der Waals surface area contributed by atoms with Crippen molar-refractivity contribution in [2.24, 2.45) is 5.41 Å². The third-order valence-corrected chi connectivity index (χ3v) is 4.51. The van der Waals surface area contributed by atoms with Gasteiger partial charge in [0.25, 0.3) is 0 Å². The van der Waals surface area contributed by atoms with Gasteiger partial charge in [-0.25, -0.2) is 0 Å². The zero-order chi connectivity index (χ0) is 16.4. The van der Waals surface area contributed by atoms with E-state index in [4.69, 9.17) is 0 Å². The summed E-state index contributed by atoms with van der Waals surface area (Å²) < 4.78 is 37.3. The first-order valence-corrected chi connectivity index (χ1v) is 8.29. The second-order valence-electron chi connectivity index (χ2n) is 6.67. The van der Waals surface area contributed by atoms with E-state index in [-0.39, 0.29) is 40.5 Å². The first kappa shape index (κ1) is 20.6. The van der Waals surface area contributed by atoms with Crippen LogP contribution in [-0.4, -0.2) is 36.6 Å². The van der Waals surface area contributed by atoms with Crippen LogP contribution in [0.15, 0.2) is 29.2 Å². The number of halogens is 4. The number of nitrogens with zero attached hydrogens (tertiary/aromatic N) is 1. The molecule has 1 atom stereocenters. The Morgan fingerprint density at radius 3 is 2.00 bits per heavy atom. The maximum Gasteiger partial charge on any atom is 0.446 e. The Bertz CT molecular complexity index is 480. The molecule has 0 aromatic heterocycles. The fraction of sp³-hybridized carbons (Fsp3) is 0.625. The molecular formula is C16H24ClF3N2S. The van der Waals surface area contributed by atoms with E-state index < -0.39 is 5.51 Å². The van der Waals surface area contributed by atoms with Crippen LogP contribution in [0.3, 0.4) is 0 Å². The quantitative estimate of drug-likeness (QED) is 0.777. The summed E-state index contributed by atoms with van der Waals surface area (Å²) in [6.07, 6.45) is 0. The topological polar surface area (TPSA) is 15.3 Å². The van der Waals surface area contributed by atoms with E-state index in [0.717, 1.165) is 31.7 Å². The first-order chi connectivity index (χ1) is 10.2. The van der Waals surface area contributed by atoms with Crippen LogP contribution < -0.4 is 5.32 Å². The van der Waals surface area contributed by atoms with Crippen molar-refractivity contribution in [1.82, 2.24) is 10.2 Å². The van der Waals surface area contributed by atoms with Crippen molar-refractivity contribution in [2.75, 3.05) is 26.2 Å². The third-order valence-electron chi connectivity index (χ3n) is 3.77. The molecule has 1 N–H and O–H groups in total. The van der Waals surface area contributed by atoms with Crippen LogP contribution in [0.25, 0.3) is 0 Å². The van der Waals surface area contributed by atoms with Gasteiger partial charge in [-0.05, 0) is 34.9 Å². The highest BCUT2D eigenvalue weighted by Crippen LogP contribution is 2.40. The number of rotatable bonds is 3. The van der Waals surface area contributed by atoms with Crippen molar-refractivity contribution in [2.45, 2.75) is 37.2 Å². The van der Waals surface area contributed by atoms with Gasteiger partial charge in [-0.1, -0.05) is 32.9 Å². The number of hydrogen-bond acceptors (Lipinski definition) is 3. The second-order valence-corrected chi connectivity index (χ2v) is 7.81. The van der Waals surface area contributed by atoms with Gasteiger partial charge < -0.3 is 5.32 Å². The average Bonchev–Trinajstić information content (AvgIpc) is 2.39. The van der Waals surface area contributed by atoms with Gasteiger partial charge in [-0.3, -0.25) is 4.90 Å². The lowest BCUT2D eigenvalue weighted by Crippen LogP contribution is -2.48. The number of piperazine rings is 1. The summed E-state index contributed by atoms with van der Waals surface area (Å²) >= 11 is -0.0594. The normalized spacial score (nSPS) is 18.3. The minimum Gasteiger partial charge on any atom is -0.314 e. The zero-order valence-corrected chi connectivity index (χ0v) is 15.2. The van der Waals surface area contributed by atoms with Gasteiger partial charge in [0.15, 0.2) is 0 Å². The molecule has 2 nitrogen and oxygen atoms in total. The molecule has 1 aromatic carbocycles. The van der Waals surface area contributed by atoms with Crippen LogP contribution in [0.4, 0.5) is 13.2 Å². The number of alkyl halides is 3. The fourth-order valence-electron chi connectivity index (χ4n) is 3.05. The Balaban J connectivity index is 0.00000264. The van der Waals surface area contributed by atoms with E-state index in [9.17, 15) is 13.2 Å². The number of thioether (sulfide) groups is 1. The molecule has 0 bridgehead atoms. The molecule has 0 aliphatic carbocycles. The van der Waals surface area contributed by atoms with Crippen LogP contribution in [0.5, 0.6) is 0 Å². The number of nitrogens with one attached hydrogen (secondary N) is 1. The lowest BCUT2D eigenvalue weighted by atomic mass is 9.81. The molecule has 1 fully saturated rings. The zero-order valence-electron chi connectivity index (χ0n) is 13.6. The van der Waals surface area contributed by atoms with Crippen LogP contribution >= 0.6 is 24.2 Å². The highest BCUT2D eigenvalue weighted by molar-refractivity contribution is 8.00. The molecule has 0 unspecified atom stereocenters. The van der Waals surface area contributed by atoms with Crippen molar-refractivity contribution in [3.8, 4) is 0 Å². The Morgan fingerprint density at radius 1 is 1.04 bits per heavy atom. The minimum absolute atomic E-state index is 0. The van der Waals surface area contributed by atoms with E-state index in [2.05, 4.69) is 31.0 Å². The largest absolute Gasteiger partial charge is 0.446 e. The smallest absolute Gasteiger partial charge is 0.314 e. The summed E-state index contributed by atoms with van der Waals surface area (Å²) in [5.74, 6) is 0. The van der Waals surface area contributed by atoms with E-state index in [1.165, 1.54) is 0 Å². The molecular weight excluding hydrogens is 345 g/mol. The molecule has 2 rings (SSSR count). The molecule has 1 heterocycles. The van der Waals surface area contributed by atoms with Gasteiger partial charge in [-0.2, -0.15) is 13.2 Å². The van der Waals surface area contributed by atoms with Crippen LogP contribution in [-0.2, 0) is 0 Å². The van der Waals surface area contributed by atoms with Crippen molar-refractivity contribution in [3.05, 3.63) is 29.8 Å². The number of hydrogen-bond donors (Lipinski definition) is 1. The Morgan fingerprint density at radius 2 is 1.57 bits per heavy atom. The SMILES string of the molecule is CC(C)(C)[C@@H](c1ccc(SC(F)(F)F)cc1)N1CCNCC1.Cl. The molecule has 132 valence electrons. The van der Waals surface area contributed by atoms with Crippen molar-refractivity contribution >= 4 is 24.2 Å². The highest BCUT2D eigenvalue weighted by atomic mass is 35.5. The summed E-state index contributed by atoms with van der Waals surface area (Å²) in [7, 11) is 0. The molecule has 0 amide bonds. The van der Waals surface area contributed by atoms with Gasteiger partial charge in [-0.15, -0.1) is 12.4 Å². The second kappa shape index (κ2) is 8.10. The lowest BCUT2D eigenvalue weighted by molar-refractivity contribution is -0.0328. The van der Waals surface area contributed by atoms with Gasteiger partial charge in [0.2, 0.25) is 0 Å². The predicted octanol–water partition coefficient (Wildman–Crippen LogP) is 4.71. The van der Waals surface area contributed by atoms with E-state index >= 15 is 0 Å². The van der Waals surface area contributed by atoms with Gasteiger partial charge in [0.05, 0.1) is 0 Å². The molecule has 1 aromatic rings. The van der Waals surface area contributed by atoms with Gasteiger partial charge in [0, 0.05) is 37.1 Å². The Hall–Kier alpha value is -0.430. The summed E-state index contributed by atoms with van der Waals surface area (Å²) in [6.45, 7) is 10.4. The first-order valence-electron chi connectivity index (χ1n) is 7.47. The molecule has 23 heavy (non-hydrogen) atoms. The third kappa shape index (κ3) is 6.18. The fourth-order valence-corrected chi connectivity index (χ4v) is 3.59. The predicted molar refractivity (Wildman–Crippen MR) is 92.2 cm³/mol. The molecule has 1 aliphatic rings. The molecule has 0 radical (unpaired) electrons. The molecule has 0 spiro atoms. The van der Waals surface area contributed by atoms with Gasteiger partial charge in [0.1, 0.15) is 0 Å². The summed E-state index contributed by atoms with van der Waals surface area (Å²) in [5, 5.41) is 3.34. The van der Waals surface area contributed by atoms with Crippen LogP contribution in [0.1, 0.15) is 32.4 Å². The van der Waals surface area contributed by atoms with Crippen molar-refractivity contribution < 1.29 is 13.2 Å².